The third-order valence-corrected chi connectivity index (χ3v) is 9.45. The van der Waals surface area contributed by atoms with Crippen LogP contribution in [0.4, 0.5) is 14.9 Å². The Kier molecular flexibility index (Phi) is 12.2. The smallest absolute Gasteiger partial charge is 0.407 e. The molecular formula is C38H48FN3O8. The Balaban J connectivity index is 1.27. The first-order chi connectivity index (χ1) is 24.0. The molecule has 0 radical (unpaired) electrons. The third-order valence-electron chi connectivity index (χ3n) is 9.45. The monoisotopic (exact) mass is 693 g/mol. The highest BCUT2D eigenvalue weighted by Crippen LogP contribution is 2.39. The number of benzene rings is 2. The summed E-state index contributed by atoms with van der Waals surface area (Å²) in [4.78, 5) is 54.7. The number of methoxy groups -OCH3 is 1. The molecule has 3 aromatic rings. The molecule has 0 bridgehead atoms. The van der Waals surface area contributed by atoms with E-state index in [4.69, 9.17) is 18.6 Å². The predicted molar refractivity (Wildman–Crippen MR) is 186 cm³/mol. The third kappa shape index (κ3) is 9.21. The normalized spacial score (nSPS) is 21.4. The lowest BCUT2D eigenvalue weighted by molar-refractivity contribution is -0.141. The first kappa shape index (κ1) is 36.8. The average Bonchev–Trinajstić information content (AvgIpc) is 3.73. The van der Waals surface area contributed by atoms with Crippen LogP contribution in [0.1, 0.15) is 81.3 Å². The zero-order valence-corrected chi connectivity index (χ0v) is 29.2. The number of carbonyl (C=O) groups excluding carboxylic acids is 4. The number of esters is 1. The number of hydrogen-bond donors (Lipinski definition) is 2. The fourth-order valence-electron chi connectivity index (χ4n) is 7.03. The Labute approximate surface area is 292 Å². The SMILES string of the molecule is COCCCOC(=O)c1cc2cc(NC(=O)[C@@H]3[C@@H](c4ccccc4)CCN3C(=O)C3CCC([C@@H](CF)NC(=O)OC(C)(C)C)CC3)ccc2o1. The first-order valence-electron chi connectivity index (χ1n) is 17.4. The Morgan fingerprint density at radius 2 is 1.72 bits per heavy atom. The Morgan fingerprint density at radius 3 is 2.40 bits per heavy atom. The van der Waals surface area contributed by atoms with Crippen molar-refractivity contribution in [3.63, 3.8) is 0 Å². The maximum absolute atomic E-state index is 14.1. The number of halogens is 1. The molecule has 3 amide bonds. The van der Waals surface area contributed by atoms with Crippen LogP contribution in [-0.4, -0.2) is 80.0 Å². The lowest BCUT2D eigenvalue weighted by Crippen LogP contribution is -2.49. The van der Waals surface area contributed by atoms with Gasteiger partial charge in [0.25, 0.3) is 0 Å². The summed E-state index contributed by atoms with van der Waals surface area (Å²) in [5.74, 6) is -1.55. The number of ether oxygens (including phenoxy) is 3. The van der Waals surface area contributed by atoms with Gasteiger partial charge in [0.15, 0.2) is 0 Å². The zero-order valence-electron chi connectivity index (χ0n) is 29.2. The van der Waals surface area contributed by atoms with Crippen molar-refractivity contribution in [1.29, 1.82) is 0 Å². The quantitative estimate of drug-likeness (QED) is 0.160. The second-order valence-corrected chi connectivity index (χ2v) is 14.1. The first-order valence-corrected chi connectivity index (χ1v) is 17.4. The maximum Gasteiger partial charge on any atom is 0.407 e. The summed E-state index contributed by atoms with van der Waals surface area (Å²) in [6.45, 7) is 5.65. The molecule has 1 aliphatic heterocycles. The van der Waals surface area contributed by atoms with Crippen LogP contribution in [0.25, 0.3) is 11.0 Å². The Bertz CT molecular complexity index is 1630. The molecule has 5 rings (SSSR count). The van der Waals surface area contributed by atoms with Gasteiger partial charge in [-0.15, -0.1) is 0 Å². The number of nitrogens with one attached hydrogen (secondary N) is 2. The van der Waals surface area contributed by atoms with Crippen LogP contribution in [0.3, 0.4) is 0 Å². The van der Waals surface area contributed by atoms with Gasteiger partial charge in [-0.25, -0.2) is 14.0 Å². The van der Waals surface area contributed by atoms with Crippen molar-refractivity contribution in [2.45, 2.75) is 82.9 Å². The van der Waals surface area contributed by atoms with E-state index in [9.17, 15) is 23.6 Å². The summed E-state index contributed by atoms with van der Waals surface area (Å²) in [7, 11) is 1.58. The number of likely N-dealkylation sites (tertiary alicyclic amines) is 1. The van der Waals surface area contributed by atoms with Gasteiger partial charge in [-0.3, -0.25) is 9.59 Å². The van der Waals surface area contributed by atoms with E-state index in [-0.39, 0.29) is 41.9 Å². The van der Waals surface area contributed by atoms with Crippen LogP contribution in [0.15, 0.2) is 59.0 Å². The number of rotatable bonds is 12. The lowest BCUT2D eigenvalue weighted by atomic mass is 9.78. The van der Waals surface area contributed by atoms with Crippen LogP contribution in [0.2, 0.25) is 0 Å². The van der Waals surface area contributed by atoms with Crippen molar-refractivity contribution < 1.29 is 42.2 Å². The minimum Gasteiger partial charge on any atom is -0.460 e. The second kappa shape index (κ2) is 16.5. The van der Waals surface area contributed by atoms with Gasteiger partial charge in [0, 0.05) is 49.6 Å². The van der Waals surface area contributed by atoms with Crippen LogP contribution in [0.5, 0.6) is 0 Å². The molecule has 12 heteroatoms. The number of alkyl carbamates (subject to hydrolysis) is 1. The molecule has 1 aromatic heterocycles. The van der Waals surface area contributed by atoms with Crippen molar-refractivity contribution in [1.82, 2.24) is 10.2 Å². The van der Waals surface area contributed by atoms with E-state index < -0.39 is 36.4 Å². The van der Waals surface area contributed by atoms with Gasteiger partial charge in [0.1, 0.15) is 23.9 Å². The summed E-state index contributed by atoms with van der Waals surface area (Å²) < 4.78 is 35.3. The molecule has 2 aliphatic rings. The number of alkyl halides is 1. The molecular weight excluding hydrogens is 645 g/mol. The highest BCUT2D eigenvalue weighted by Gasteiger charge is 2.45. The standard InChI is InChI=1S/C38H48FN3O8/c1-38(2,3)50-37(46)41-30(23-39)25-11-13-26(14-12-25)35(44)42-18-17-29(24-9-6-5-7-10-24)33(42)34(43)40-28-15-16-31-27(21-28)22-32(49-31)36(45)48-20-8-19-47-4/h5-7,9-10,15-16,21-22,25-26,29-30,33H,8,11-14,17-20,23H2,1-4H3,(H,40,43)(H,41,46)/t25?,26?,29-,30-,33+/m1/s1. The fraction of sp³-hybridized carbons (Fsp3) is 0.526. The molecule has 2 aromatic carbocycles. The molecule has 1 saturated carbocycles. The summed E-state index contributed by atoms with van der Waals surface area (Å²) >= 11 is 0. The number of carbonyl (C=O) groups is 4. The molecule has 3 atom stereocenters. The molecule has 0 spiro atoms. The highest BCUT2D eigenvalue weighted by atomic mass is 19.1. The Hall–Kier alpha value is -4.45. The van der Waals surface area contributed by atoms with Gasteiger partial charge in [-0.2, -0.15) is 0 Å². The molecule has 2 N–H and O–H groups in total. The number of furan rings is 1. The van der Waals surface area contributed by atoms with Crippen molar-refractivity contribution in [3.8, 4) is 0 Å². The molecule has 2 fully saturated rings. The molecule has 1 aliphatic carbocycles. The number of fused-ring (bicyclic) bond motifs is 1. The second-order valence-electron chi connectivity index (χ2n) is 14.1. The van der Waals surface area contributed by atoms with E-state index in [1.165, 1.54) is 0 Å². The lowest BCUT2D eigenvalue weighted by Gasteiger charge is -2.36. The van der Waals surface area contributed by atoms with Crippen LogP contribution in [-0.2, 0) is 23.8 Å². The van der Waals surface area contributed by atoms with Crippen molar-refractivity contribution in [3.05, 3.63) is 65.9 Å². The van der Waals surface area contributed by atoms with E-state index in [0.717, 1.165) is 5.56 Å². The predicted octanol–water partition coefficient (Wildman–Crippen LogP) is 6.62. The highest BCUT2D eigenvalue weighted by molar-refractivity contribution is 6.00. The van der Waals surface area contributed by atoms with E-state index in [1.54, 1.807) is 57.0 Å². The van der Waals surface area contributed by atoms with Gasteiger partial charge in [0.05, 0.1) is 12.6 Å². The molecule has 50 heavy (non-hydrogen) atoms. The molecule has 11 nitrogen and oxygen atoms in total. The van der Waals surface area contributed by atoms with E-state index >= 15 is 0 Å². The van der Waals surface area contributed by atoms with Crippen LogP contribution in [0, 0.1) is 11.8 Å². The van der Waals surface area contributed by atoms with Crippen molar-refractivity contribution in [2.75, 3.05) is 38.9 Å². The summed E-state index contributed by atoms with van der Waals surface area (Å²) in [5, 5.41) is 6.31. The minimum absolute atomic E-state index is 0.0609. The zero-order chi connectivity index (χ0) is 35.8. The maximum atomic E-state index is 14.1. The largest absolute Gasteiger partial charge is 0.460 e. The van der Waals surface area contributed by atoms with Crippen LogP contribution < -0.4 is 10.6 Å². The van der Waals surface area contributed by atoms with Gasteiger partial charge in [-0.1, -0.05) is 30.3 Å². The molecule has 270 valence electrons. The average molecular weight is 694 g/mol. The van der Waals surface area contributed by atoms with Crippen molar-refractivity contribution in [2.24, 2.45) is 11.8 Å². The summed E-state index contributed by atoms with van der Waals surface area (Å²) in [6.07, 6.45) is 2.75. The van der Waals surface area contributed by atoms with E-state index in [2.05, 4.69) is 10.6 Å². The van der Waals surface area contributed by atoms with Gasteiger partial charge >= 0.3 is 12.1 Å². The number of nitrogens with zero attached hydrogens (tertiary/aromatic N) is 1. The van der Waals surface area contributed by atoms with Gasteiger partial charge in [0.2, 0.25) is 17.6 Å². The number of amides is 3. The van der Waals surface area contributed by atoms with Crippen LogP contribution >= 0.6 is 0 Å². The number of anilines is 1. The number of hydrogen-bond acceptors (Lipinski definition) is 8. The summed E-state index contributed by atoms with van der Waals surface area (Å²) in [6, 6.07) is 15.0. The van der Waals surface area contributed by atoms with Gasteiger partial charge in [-0.05, 0) is 88.6 Å². The minimum atomic E-state index is -0.743. The topological polar surface area (TPSA) is 136 Å². The Morgan fingerprint density at radius 1 is 0.980 bits per heavy atom. The van der Waals surface area contributed by atoms with E-state index in [0.29, 0.717) is 68.3 Å². The van der Waals surface area contributed by atoms with Crippen molar-refractivity contribution >= 4 is 40.5 Å². The van der Waals surface area contributed by atoms with E-state index in [1.807, 2.05) is 30.3 Å². The fourth-order valence-corrected chi connectivity index (χ4v) is 7.03. The summed E-state index contributed by atoms with van der Waals surface area (Å²) in [5.41, 5.74) is 1.26. The molecule has 1 saturated heterocycles. The molecule has 2 heterocycles. The van der Waals surface area contributed by atoms with Gasteiger partial charge < -0.3 is 34.2 Å². The molecule has 0 unspecified atom stereocenters.